The van der Waals surface area contributed by atoms with Crippen LogP contribution in [-0.2, 0) is 0 Å². The third-order valence-corrected chi connectivity index (χ3v) is 6.77. The molecule has 158 valence electrons. The minimum Gasteiger partial charge on any atom is -0.300 e. The molecule has 0 spiro atoms. The van der Waals surface area contributed by atoms with Crippen molar-refractivity contribution in [2.75, 3.05) is 13.1 Å². The normalized spacial score (nSPS) is 18.3. The van der Waals surface area contributed by atoms with E-state index < -0.39 is 0 Å². The third-order valence-electron chi connectivity index (χ3n) is 6.77. The SMILES string of the molecule is Cc1cn2nc(-c3cc(=O)n4cc(C5CCN(C6CC6)CC5)ccc4n3)cc2c(C)n1. The summed E-state index contributed by atoms with van der Waals surface area (Å²) in [4.78, 5) is 24.8. The molecule has 31 heavy (non-hydrogen) atoms. The second kappa shape index (κ2) is 6.99. The number of fused-ring (bicyclic) bond motifs is 2. The number of likely N-dealkylation sites (tertiary alicyclic amines) is 1. The number of aromatic nitrogens is 5. The van der Waals surface area contributed by atoms with Gasteiger partial charge in [-0.2, -0.15) is 5.10 Å². The van der Waals surface area contributed by atoms with Crippen LogP contribution >= 0.6 is 0 Å². The van der Waals surface area contributed by atoms with Gasteiger partial charge in [-0.05, 0) is 76.2 Å². The molecule has 7 nitrogen and oxygen atoms in total. The maximum Gasteiger partial charge on any atom is 0.258 e. The Balaban J connectivity index is 1.33. The van der Waals surface area contributed by atoms with Gasteiger partial charge in [0.2, 0.25) is 0 Å². The Bertz CT molecular complexity index is 1360. The van der Waals surface area contributed by atoms with E-state index in [1.54, 1.807) is 10.5 Å². The molecule has 7 heteroatoms. The van der Waals surface area contributed by atoms with Crippen LogP contribution in [-0.4, -0.2) is 48.0 Å². The molecule has 0 amide bonds. The first-order valence-electron chi connectivity index (χ1n) is 11.2. The van der Waals surface area contributed by atoms with Crippen LogP contribution in [0.5, 0.6) is 0 Å². The lowest BCUT2D eigenvalue weighted by Gasteiger charge is -2.32. The van der Waals surface area contributed by atoms with Gasteiger partial charge in [-0.15, -0.1) is 0 Å². The summed E-state index contributed by atoms with van der Waals surface area (Å²) in [6, 6.07) is 8.49. The molecule has 1 aliphatic carbocycles. The van der Waals surface area contributed by atoms with Crippen LogP contribution < -0.4 is 5.56 Å². The molecular weight excluding hydrogens is 388 g/mol. The van der Waals surface area contributed by atoms with Crippen molar-refractivity contribution in [3.05, 3.63) is 64.0 Å². The summed E-state index contributed by atoms with van der Waals surface area (Å²) in [5, 5.41) is 4.63. The summed E-state index contributed by atoms with van der Waals surface area (Å²) >= 11 is 0. The van der Waals surface area contributed by atoms with E-state index in [0.29, 0.717) is 23.0 Å². The highest BCUT2D eigenvalue weighted by Gasteiger charge is 2.32. The van der Waals surface area contributed by atoms with Crippen LogP contribution in [0.15, 0.2) is 41.5 Å². The zero-order valence-corrected chi connectivity index (χ0v) is 18.0. The van der Waals surface area contributed by atoms with E-state index in [0.717, 1.165) is 35.8 Å². The molecule has 0 aromatic carbocycles. The number of hydrogen-bond acceptors (Lipinski definition) is 5. The number of pyridine rings is 1. The van der Waals surface area contributed by atoms with Crippen LogP contribution in [0.25, 0.3) is 22.6 Å². The molecule has 1 aliphatic heterocycles. The van der Waals surface area contributed by atoms with E-state index in [4.69, 9.17) is 4.98 Å². The van der Waals surface area contributed by atoms with Gasteiger partial charge in [0.05, 0.1) is 28.8 Å². The standard InChI is InChI=1S/C24H26N6O/c1-15-13-30-22(16(2)25-15)11-21(27-30)20-12-24(31)29-14-18(3-6-23(29)26-20)17-7-9-28(10-8-17)19-4-5-19/h3,6,11-14,17,19H,4-5,7-10H2,1-2H3. The minimum atomic E-state index is -0.0691. The van der Waals surface area contributed by atoms with Crippen LogP contribution in [0.4, 0.5) is 0 Å². The Hall–Kier alpha value is -3.06. The fourth-order valence-corrected chi connectivity index (χ4v) is 4.95. The largest absolute Gasteiger partial charge is 0.300 e. The molecule has 0 N–H and O–H groups in total. The van der Waals surface area contributed by atoms with Crippen LogP contribution in [0.3, 0.4) is 0 Å². The van der Waals surface area contributed by atoms with Gasteiger partial charge in [-0.1, -0.05) is 6.07 Å². The first kappa shape index (κ1) is 18.7. The van der Waals surface area contributed by atoms with E-state index in [9.17, 15) is 4.79 Å². The number of rotatable bonds is 3. The van der Waals surface area contributed by atoms with E-state index in [1.165, 1.54) is 31.5 Å². The first-order chi connectivity index (χ1) is 15.0. The maximum atomic E-state index is 13.0. The highest BCUT2D eigenvalue weighted by atomic mass is 16.1. The summed E-state index contributed by atoms with van der Waals surface area (Å²) < 4.78 is 3.49. The summed E-state index contributed by atoms with van der Waals surface area (Å²) in [5.41, 5.74) is 5.85. The Morgan fingerprint density at radius 1 is 0.935 bits per heavy atom. The minimum absolute atomic E-state index is 0.0691. The van der Waals surface area contributed by atoms with E-state index in [2.05, 4.69) is 21.0 Å². The lowest BCUT2D eigenvalue weighted by Crippen LogP contribution is -2.34. The van der Waals surface area contributed by atoms with E-state index in [1.807, 2.05) is 42.9 Å². The zero-order valence-electron chi connectivity index (χ0n) is 18.0. The lowest BCUT2D eigenvalue weighted by atomic mass is 9.90. The Morgan fingerprint density at radius 3 is 2.52 bits per heavy atom. The van der Waals surface area contributed by atoms with E-state index in [-0.39, 0.29) is 5.56 Å². The van der Waals surface area contributed by atoms with Gasteiger partial charge in [-0.3, -0.25) is 14.2 Å². The third kappa shape index (κ3) is 3.33. The highest BCUT2D eigenvalue weighted by molar-refractivity contribution is 5.66. The number of aryl methyl sites for hydroxylation is 2. The fraction of sp³-hybridized carbons (Fsp3) is 0.417. The van der Waals surface area contributed by atoms with Gasteiger partial charge < -0.3 is 4.90 Å². The molecule has 0 atom stereocenters. The van der Waals surface area contributed by atoms with Gasteiger partial charge in [-0.25, -0.2) is 9.50 Å². The first-order valence-corrected chi connectivity index (χ1v) is 11.2. The molecule has 0 radical (unpaired) electrons. The number of nitrogens with zero attached hydrogens (tertiary/aromatic N) is 6. The summed E-state index contributed by atoms with van der Waals surface area (Å²) in [6.45, 7) is 6.25. The molecule has 1 saturated carbocycles. The predicted molar refractivity (Wildman–Crippen MR) is 119 cm³/mol. The highest BCUT2D eigenvalue weighted by Crippen LogP contribution is 2.34. The van der Waals surface area contributed by atoms with Crippen LogP contribution in [0, 0.1) is 13.8 Å². The van der Waals surface area contributed by atoms with Gasteiger partial charge >= 0.3 is 0 Å². The Labute approximate surface area is 180 Å². The van der Waals surface area contributed by atoms with Crippen molar-refractivity contribution in [2.24, 2.45) is 0 Å². The topological polar surface area (TPSA) is 67.8 Å². The Kier molecular flexibility index (Phi) is 4.21. The average molecular weight is 415 g/mol. The summed E-state index contributed by atoms with van der Waals surface area (Å²) in [6.07, 6.45) is 8.94. The molecule has 6 rings (SSSR count). The van der Waals surface area contributed by atoms with Gasteiger partial charge in [0, 0.05) is 18.3 Å². The monoisotopic (exact) mass is 414 g/mol. The molecule has 1 saturated heterocycles. The summed E-state index contributed by atoms with van der Waals surface area (Å²) in [7, 11) is 0. The average Bonchev–Trinajstić information content (AvgIpc) is 3.52. The van der Waals surface area contributed by atoms with Crippen molar-refractivity contribution in [1.29, 1.82) is 0 Å². The fourth-order valence-electron chi connectivity index (χ4n) is 4.95. The van der Waals surface area contributed by atoms with E-state index >= 15 is 0 Å². The van der Waals surface area contributed by atoms with Gasteiger partial charge in [0.25, 0.3) is 5.56 Å². The maximum absolute atomic E-state index is 13.0. The molecule has 0 unspecified atom stereocenters. The van der Waals surface area contributed by atoms with Crippen molar-refractivity contribution in [1.82, 2.24) is 28.9 Å². The predicted octanol–water partition coefficient (Wildman–Crippen LogP) is 3.36. The quantitative estimate of drug-likeness (QED) is 0.514. The van der Waals surface area contributed by atoms with Crippen LogP contribution in [0.2, 0.25) is 0 Å². The van der Waals surface area contributed by atoms with Crippen molar-refractivity contribution in [3.8, 4) is 11.4 Å². The van der Waals surface area contributed by atoms with Crippen molar-refractivity contribution in [2.45, 2.75) is 51.5 Å². The van der Waals surface area contributed by atoms with Gasteiger partial charge in [0.15, 0.2) is 0 Å². The molecule has 0 bridgehead atoms. The molecule has 2 fully saturated rings. The Morgan fingerprint density at radius 2 is 1.74 bits per heavy atom. The molecular formula is C24H26N6O. The lowest BCUT2D eigenvalue weighted by molar-refractivity contribution is 0.203. The zero-order chi connectivity index (χ0) is 21.1. The second-order valence-electron chi connectivity index (χ2n) is 9.04. The molecule has 4 aromatic rings. The smallest absolute Gasteiger partial charge is 0.258 e. The van der Waals surface area contributed by atoms with Crippen molar-refractivity contribution < 1.29 is 0 Å². The van der Waals surface area contributed by atoms with Crippen molar-refractivity contribution >= 4 is 11.2 Å². The summed E-state index contributed by atoms with van der Waals surface area (Å²) in [5.74, 6) is 0.517. The molecule has 4 aromatic heterocycles. The van der Waals surface area contributed by atoms with Crippen molar-refractivity contribution in [3.63, 3.8) is 0 Å². The molecule has 5 heterocycles. The molecule has 2 aliphatic rings. The van der Waals surface area contributed by atoms with Crippen LogP contribution in [0.1, 0.15) is 48.6 Å². The number of hydrogen-bond donors (Lipinski definition) is 0. The number of piperidine rings is 1. The van der Waals surface area contributed by atoms with Gasteiger partial charge in [0.1, 0.15) is 11.3 Å². The second-order valence-corrected chi connectivity index (χ2v) is 9.04.